The third-order valence-electron chi connectivity index (χ3n) is 2.63. The van der Waals surface area contributed by atoms with E-state index in [0.717, 1.165) is 18.9 Å². The second kappa shape index (κ2) is 3.44. The molecule has 0 unspecified atom stereocenters. The van der Waals surface area contributed by atoms with E-state index in [2.05, 4.69) is 20.2 Å². The number of aromatic amines is 1. The molecular formula is C9H10N6O. The minimum Gasteiger partial charge on any atom is -0.343 e. The molecule has 2 aromatic rings. The summed E-state index contributed by atoms with van der Waals surface area (Å²) in [7, 11) is 0. The number of hydrogen-bond donors (Lipinski definition) is 1. The summed E-state index contributed by atoms with van der Waals surface area (Å²) in [5, 5.41) is 7.83. The number of anilines is 1. The van der Waals surface area contributed by atoms with Gasteiger partial charge in [-0.1, -0.05) is 0 Å². The lowest BCUT2D eigenvalue weighted by atomic mass is 10.3. The van der Waals surface area contributed by atoms with Gasteiger partial charge in [-0.05, 0) is 0 Å². The van der Waals surface area contributed by atoms with Gasteiger partial charge in [-0.3, -0.25) is 4.79 Å². The number of rotatable bonds is 1. The van der Waals surface area contributed by atoms with Crippen molar-refractivity contribution in [1.29, 1.82) is 0 Å². The second-order valence-corrected chi connectivity index (χ2v) is 3.60. The molecule has 3 rings (SSSR count). The molecule has 0 spiro atoms. The Morgan fingerprint density at radius 2 is 2.31 bits per heavy atom. The molecule has 0 amide bonds. The summed E-state index contributed by atoms with van der Waals surface area (Å²) in [5.74, 6) is 1.30. The molecule has 82 valence electrons. The van der Waals surface area contributed by atoms with Crippen molar-refractivity contribution in [3.8, 4) is 0 Å². The highest BCUT2D eigenvalue weighted by molar-refractivity contribution is 5.36. The minimum absolute atomic E-state index is 0.171. The molecule has 0 saturated carbocycles. The molecule has 1 N–H and O–H groups in total. The maximum absolute atomic E-state index is 11.6. The van der Waals surface area contributed by atoms with Gasteiger partial charge in [-0.2, -0.15) is 0 Å². The van der Waals surface area contributed by atoms with Gasteiger partial charge in [-0.15, -0.1) is 10.2 Å². The van der Waals surface area contributed by atoms with Gasteiger partial charge in [0.1, 0.15) is 6.33 Å². The highest BCUT2D eigenvalue weighted by atomic mass is 16.1. The van der Waals surface area contributed by atoms with E-state index in [4.69, 9.17) is 0 Å². The van der Waals surface area contributed by atoms with E-state index in [-0.39, 0.29) is 5.56 Å². The fourth-order valence-electron chi connectivity index (χ4n) is 1.82. The van der Waals surface area contributed by atoms with Crippen molar-refractivity contribution in [2.24, 2.45) is 0 Å². The number of H-pyrrole nitrogens is 1. The van der Waals surface area contributed by atoms with Crippen LogP contribution in [0.5, 0.6) is 0 Å². The number of hydrogen-bond acceptors (Lipinski definition) is 5. The Morgan fingerprint density at radius 3 is 3.19 bits per heavy atom. The predicted octanol–water partition coefficient (Wildman–Crippen LogP) is -0.618. The minimum atomic E-state index is -0.171. The van der Waals surface area contributed by atoms with Crippen LogP contribution in [0.4, 0.5) is 5.82 Å². The lowest BCUT2D eigenvalue weighted by Crippen LogP contribution is -2.37. The number of nitrogens with zero attached hydrogens (tertiary/aromatic N) is 5. The Morgan fingerprint density at radius 1 is 1.38 bits per heavy atom. The molecule has 0 saturated heterocycles. The van der Waals surface area contributed by atoms with Crippen molar-refractivity contribution in [2.45, 2.75) is 13.1 Å². The van der Waals surface area contributed by atoms with Crippen LogP contribution in [0.3, 0.4) is 0 Å². The van der Waals surface area contributed by atoms with Crippen molar-refractivity contribution >= 4 is 5.82 Å². The van der Waals surface area contributed by atoms with Crippen molar-refractivity contribution in [3.05, 3.63) is 34.9 Å². The molecule has 0 aliphatic carbocycles. The topological polar surface area (TPSA) is 79.7 Å². The van der Waals surface area contributed by atoms with Crippen LogP contribution in [-0.4, -0.2) is 31.3 Å². The fraction of sp³-hybridized carbons (Fsp3) is 0.333. The molecule has 3 heterocycles. The maximum Gasteiger partial charge on any atom is 0.290 e. The smallest absolute Gasteiger partial charge is 0.290 e. The molecule has 0 atom stereocenters. The number of aromatic nitrogens is 5. The molecule has 1 aliphatic heterocycles. The van der Waals surface area contributed by atoms with Gasteiger partial charge in [-0.25, -0.2) is 4.98 Å². The van der Waals surface area contributed by atoms with Gasteiger partial charge in [0.25, 0.3) is 5.56 Å². The van der Waals surface area contributed by atoms with E-state index in [1.165, 1.54) is 6.20 Å². The summed E-state index contributed by atoms with van der Waals surface area (Å²) in [5.41, 5.74) is -0.171. The zero-order valence-corrected chi connectivity index (χ0v) is 8.50. The first-order valence-electron chi connectivity index (χ1n) is 5.00. The van der Waals surface area contributed by atoms with E-state index in [1.807, 2.05) is 9.47 Å². The third-order valence-corrected chi connectivity index (χ3v) is 2.63. The van der Waals surface area contributed by atoms with Crippen LogP contribution in [0.25, 0.3) is 0 Å². The highest BCUT2D eigenvalue weighted by Crippen LogP contribution is 2.12. The Bertz CT molecular complexity index is 559. The van der Waals surface area contributed by atoms with Crippen molar-refractivity contribution in [2.75, 3.05) is 11.4 Å². The summed E-state index contributed by atoms with van der Waals surface area (Å²) in [6.45, 7) is 2.09. The number of nitrogens with one attached hydrogen (secondary N) is 1. The summed E-state index contributed by atoms with van der Waals surface area (Å²) in [6.07, 6.45) is 4.81. The largest absolute Gasteiger partial charge is 0.343 e. The zero-order chi connectivity index (χ0) is 11.0. The van der Waals surface area contributed by atoms with Crippen molar-refractivity contribution < 1.29 is 0 Å². The Labute approximate surface area is 90.8 Å². The third kappa shape index (κ3) is 1.37. The number of fused-ring (bicyclic) bond motifs is 1. The first-order valence-corrected chi connectivity index (χ1v) is 5.00. The Balaban J connectivity index is 1.95. The quantitative estimate of drug-likeness (QED) is 0.690. The van der Waals surface area contributed by atoms with Gasteiger partial charge in [0.05, 0.1) is 6.54 Å². The Hall–Kier alpha value is -2.18. The van der Waals surface area contributed by atoms with E-state index in [1.54, 1.807) is 12.5 Å². The Kier molecular flexibility index (Phi) is 1.95. The van der Waals surface area contributed by atoms with Crippen LogP contribution in [0.2, 0.25) is 0 Å². The van der Waals surface area contributed by atoms with Gasteiger partial charge < -0.3 is 14.5 Å². The van der Waals surface area contributed by atoms with Gasteiger partial charge in [0.2, 0.25) is 0 Å². The first kappa shape index (κ1) is 9.08. The molecule has 7 nitrogen and oxygen atoms in total. The standard InChI is InChI=1S/C9H10N6O/c16-9-8(10-1-2-11-9)14-3-4-15-6-12-13-7(15)5-14/h1-2,6H,3-5H2,(H,11,16). The molecule has 1 aliphatic rings. The first-order chi connectivity index (χ1) is 7.84. The second-order valence-electron chi connectivity index (χ2n) is 3.60. The highest BCUT2D eigenvalue weighted by Gasteiger charge is 2.20. The SMILES string of the molecule is O=c1[nH]ccnc1N1CCn2cnnc2C1. The monoisotopic (exact) mass is 218 g/mol. The summed E-state index contributed by atoms with van der Waals surface area (Å²) >= 11 is 0. The summed E-state index contributed by atoms with van der Waals surface area (Å²) in [4.78, 5) is 20.2. The van der Waals surface area contributed by atoms with E-state index in [0.29, 0.717) is 12.4 Å². The molecule has 0 bridgehead atoms. The molecule has 2 aromatic heterocycles. The fourth-order valence-corrected chi connectivity index (χ4v) is 1.82. The lowest BCUT2D eigenvalue weighted by Gasteiger charge is -2.26. The maximum atomic E-state index is 11.6. The van der Waals surface area contributed by atoms with Gasteiger partial charge >= 0.3 is 0 Å². The molecule has 0 radical (unpaired) electrons. The van der Waals surface area contributed by atoms with Crippen LogP contribution in [-0.2, 0) is 13.1 Å². The van der Waals surface area contributed by atoms with E-state index < -0.39 is 0 Å². The van der Waals surface area contributed by atoms with Crippen LogP contribution in [0.1, 0.15) is 5.82 Å². The van der Waals surface area contributed by atoms with Crippen LogP contribution < -0.4 is 10.5 Å². The van der Waals surface area contributed by atoms with E-state index in [9.17, 15) is 4.79 Å². The summed E-state index contributed by atoms with van der Waals surface area (Å²) < 4.78 is 1.98. The van der Waals surface area contributed by atoms with Crippen LogP contribution in [0.15, 0.2) is 23.5 Å². The average molecular weight is 218 g/mol. The zero-order valence-electron chi connectivity index (χ0n) is 8.50. The molecule has 0 aromatic carbocycles. The molecule has 7 heteroatoms. The van der Waals surface area contributed by atoms with Gasteiger partial charge in [0, 0.05) is 25.5 Å². The predicted molar refractivity (Wildman–Crippen MR) is 55.9 cm³/mol. The molecule has 0 fully saturated rings. The van der Waals surface area contributed by atoms with Crippen LogP contribution in [0, 0.1) is 0 Å². The lowest BCUT2D eigenvalue weighted by molar-refractivity contribution is 0.554. The van der Waals surface area contributed by atoms with Crippen molar-refractivity contribution in [3.63, 3.8) is 0 Å². The molecular weight excluding hydrogens is 208 g/mol. The van der Waals surface area contributed by atoms with Gasteiger partial charge in [0.15, 0.2) is 11.6 Å². The normalized spacial score (nSPS) is 14.9. The summed E-state index contributed by atoms with van der Waals surface area (Å²) in [6, 6.07) is 0. The molecule has 16 heavy (non-hydrogen) atoms. The van der Waals surface area contributed by atoms with Crippen LogP contribution >= 0.6 is 0 Å². The average Bonchev–Trinajstić information content (AvgIpc) is 2.76. The van der Waals surface area contributed by atoms with Crippen molar-refractivity contribution in [1.82, 2.24) is 24.7 Å². The van der Waals surface area contributed by atoms with E-state index >= 15 is 0 Å².